The molecule has 22 heavy (non-hydrogen) atoms. The molecule has 2 atom stereocenters. The third-order valence-electron chi connectivity index (χ3n) is 2.92. The Balaban J connectivity index is 0.00000441. The Kier molecular flexibility index (Phi) is 10.2. The largest absolute Gasteiger partial charge is 0.466 e. The van der Waals surface area contributed by atoms with Crippen molar-refractivity contribution in [2.45, 2.75) is 31.9 Å². The number of carbonyl (C=O) groups excluding carboxylic acids is 2. The first-order valence-electron chi connectivity index (χ1n) is 6.95. The van der Waals surface area contributed by atoms with E-state index in [1.807, 2.05) is 30.3 Å². The van der Waals surface area contributed by atoms with Gasteiger partial charge in [-0.05, 0) is 18.9 Å². The Bertz CT molecular complexity index is 456. The lowest BCUT2D eigenvalue weighted by Crippen LogP contribution is -2.47. The van der Waals surface area contributed by atoms with Crippen LogP contribution >= 0.6 is 12.4 Å². The smallest absolute Gasteiger partial charge is 0.307 e. The van der Waals surface area contributed by atoms with Crippen LogP contribution in [0.5, 0.6) is 0 Å². The van der Waals surface area contributed by atoms with Crippen LogP contribution in [0.3, 0.4) is 0 Å². The molecule has 0 aromatic heterocycles. The predicted molar refractivity (Wildman–Crippen MR) is 85.6 cm³/mol. The summed E-state index contributed by atoms with van der Waals surface area (Å²) in [7, 11) is 0. The summed E-state index contributed by atoms with van der Waals surface area (Å²) in [6.07, 6.45) is -0.847. The van der Waals surface area contributed by atoms with Crippen molar-refractivity contribution >= 4 is 24.3 Å². The Morgan fingerprint density at radius 2 is 1.95 bits per heavy atom. The molecule has 0 fully saturated rings. The summed E-state index contributed by atoms with van der Waals surface area (Å²) in [6.45, 7) is 2.13. The van der Waals surface area contributed by atoms with Gasteiger partial charge in [-0.2, -0.15) is 0 Å². The number of rotatable bonds is 8. The maximum Gasteiger partial charge on any atom is 0.307 e. The van der Waals surface area contributed by atoms with Crippen LogP contribution in [-0.2, 0) is 20.7 Å². The number of esters is 1. The molecule has 1 aromatic rings. The highest BCUT2D eigenvalue weighted by Gasteiger charge is 2.22. The number of amides is 1. The van der Waals surface area contributed by atoms with Crippen molar-refractivity contribution in [1.82, 2.24) is 5.32 Å². The third kappa shape index (κ3) is 7.40. The van der Waals surface area contributed by atoms with Crippen LogP contribution in [0.2, 0.25) is 0 Å². The van der Waals surface area contributed by atoms with Gasteiger partial charge in [0, 0.05) is 12.6 Å². The van der Waals surface area contributed by atoms with E-state index < -0.39 is 18.1 Å². The number of ether oxygens (including phenoxy) is 1. The highest BCUT2D eigenvalue weighted by Crippen LogP contribution is 2.04. The van der Waals surface area contributed by atoms with Gasteiger partial charge in [0.05, 0.1) is 13.0 Å². The van der Waals surface area contributed by atoms with E-state index in [0.717, 1.165) is 5.56 Å². The molecule has 1 amide bonds. The second-order valence-electron chi connectivity index (χ2n) is 4.64. The van der Waals surface area contributed by atoms with Crippen molar-refractivity contribution in [3.05, 3.63) is 35.9 Å². The molecular formula is C15H23ClN2O4. The summed E-state index contributed by atoms with van der Waals surface area (Å²) in [4.78, 5) is 22.8. The lowest BCUT2D eigenvalue weighted by Gasteiger charge is -2.18. The molecule has 7 heteroatoms. The summed E-state index contributed by atoms with van der Waals surface area (Å²) in [5, 5.41) is 12.3. The first kappa shape index (κ1) is 20.4. The molecule has 0 aliphatic heterocycles. The average Bonchev–Trinajstić information content (AvgIpc) is 2.47. The topological polar surface area (TPSA) is 102 Å². The highest BCUT2D eigenvalue weighted by molar-refractivity contribution is 5.85. The first-order valence-corrected chi connectivity index (χ1v) is 6.95. The lowest BCUT2D eigenvalue weighted by molar-refractivity contribution is -0.143. The quantitative estimate of drug-likeness (QED) is 0.599. The third-order valence-corrected chi connectivity index (χ3v) is 2.92. The molecule has 0 spiro atoms. The monoisotopic (exact) mass is 330 g/mol. The minimum atomic E-state index is -1.31. The zero-order chi connectivity index (χ0) is 15.7. The standard InChI is InChI=1S/C15H22N2O4.ClH/c1-2-21-13(18)8-9-17-15(20)14(19)12(16)10-11-6-4-3-5-7-11;/h3-7,12,14,19H,2,8-10,16H2,1H3,(H,17,20);1H. The number of hydrogen-bond donors (Lipinski definition) is 3. The van der Waals surface area contributed by atoms with Crippen molar-refractivity contribution in [3.63, 3.8) is 0 Å². The van der Waals surface area contributed by atoms with Gasteiger partial charge in [0.15, 0.2) is 0 Å². The number of hydrogen-bond acceptors (Lipinski definition) is 5. The molecule has 4 N–H and O–H groups in total. The lowest BCUT2D eigenvalue weighted by atomic mass is 10.0. The minimum absolute atomic E-state index is 0. The van der Waals surface area contributed by atoms with E-state index in [1.54, 1.807) is 6.92 Å². The van der Waals surface area contributed by atoms with Crippen molar-refractivity contribution in [3.8, 4) is 0 Å². The van der Waals surface area contributed by atoms with Gasteiger partial charge >= 0.3 is 5.97 Å². The summed E-state index contributed by atoms with van der Waals surface area (Å²) >= 11 is 0. The highest BCUT2D eigenvalue weighted by atomic mass is 35.5. The molecule has 0 radical (unpaired) electrons. The maximum atomic E-state index is 11.7. The van der Waals surface area contributed by atoms with Gasteiger partial charge in [-0.1, -0.05) is 30.3 Å². The number of benzene rings is 1. The molecule has 0 aliphatic rings. The molecular weight excluding hydrogens is 308 g/mol. The van der Waals surface area contributed by atoms with E-state index in [-0.39, 0.29) is 31.3 Å². The molecule has 6 nitrogen and oxygen atoms in total. The van der Waals surface area contributed by atoms with Gasteiger partial charge in [0.25, 0.3) is 0 Å². The second kappa shape index (κ2) is 11.0. The molecule has 2 unspecified atom stereocenters. The fourth-order valence-corrected chi connectivity index (χ4v) is 1.82. The van der Waals surface area contributed by atoms with Crippen molar-refractivity contribution in [2.24, 2.45) is 5.73 Å². The van der Waals surface area contributed by atoms with E-state index in [4.69, 9.17) is 10.5 Å². The van der Waals surface area contributed by atoms with E-state index in [2.05, 4.69) is 5.32 Å². The molecule has 1 rings (SSSR count). The molecule has 0 saturated carbocycles. The van der Waals surface area contributed by atoms with Gasteiger partial charge in [-0.3, -0.25) is 9.59 Å². The Morgan fingerprint density at radius 3 is 2.55 bits per heavy atom. The van der Waals surface area contributed by atoms with Gasteiger partial charge in [0.1, 0.15) is 6.10 Å². The summed E-state index contributed by atoms with van der Waals surface area (Å²) in [5.41, 5.74) is 6.77. The fraction of sp³-hybridized carbons (Fsp3) is 0.467. The van der Waals surface area contributed by atoms with Crippen LogP contribution in [-0.4, -0.2) is 42.3 Å². The number of halogens is 1. The average molecular weight is 331 g/mol. The van der Waals surface area contributed by atoms with Gasteiger partial charge in [-0.15, -0.1) is 12.4 Å². The number of aliphatic hydroxyl groups is 1. The summed E-state index contributed by atoms with van der Waals surface area (Å²) in [5.74, 6) is -0.969. The zero-order valence-corrected chi connectivity index (χ0v) is 13.3. The van der Waals surface area contributed by atoms with Crippen molar-refractivity contribution < 1.29 is 19.4 Å². The molecule has 0 bridgehead atoms. The maximum absolute atomic E-state index is 11.7. The van der Waals surface area contributed by atoms with Crippen molar-refractivity contribution in [1.29, 1.82) is 0 Å². The zero-order valence-electron chi connectivity index (χ0n) is 12.5. The van der Waals surface area contributed by atoms with Crippen LogP contribution < -0.4 is 11.1 Å². The molecule has 0 saturated heterocycles. The SMILES string of the molecule is CCOC(=O)CCNC(=O)C(O)C(N)Cc1ccccc1.Cl. The Morgan fingerprint density at radius 1 is 1.32 bits per heavy atom. The number of nitrogens with two attached hydrogens (primary N) is 1. The summed E-state index contributed by atoms with van der Waals surface area (Å²) < 4.78 is 4.73. The Hall–Kier alpha value is -1.63. The molecule has 1 aromatic carbocycles. The van der Waals surface area contributed by atoms with Crippen molar-refractivity contribution in [2.75, 3.05) is 13.2 Å². The number of carbonyl (C=O) groups is 2. The van der Waals surface area contributed by atoms with Gasteiger partial charge < -0.3 is 20.9 Å². The minimum Gasteiger partial charge on any atom is -0.466 e. The first-order chi connectivity index (χ1) is 10.0. The second-order valence-corrected chi connectivity index (χ2v) is 4.64. The van der Waals surface area contributed by atoms with Gasteiger partial charge in [0.2, 0.25) is 5.91 Å². The van der Waals surface area contributed by atoms with Crippen LogP contribution in [0.1, 0.15) is 18.9 Å². The van der Waals surface area contributed by atoms with E-state index in [1.165, 1.54) is 0 Å². The normalized spacial score (nSPS) is 12.7. The molecule has 0 heterocycles. The van der Waals surface area contributed by atoms with Crippen LogP contribution in [0.15, 0.2) is 30.3 Å². The van der Waals surface area contributed by atoms with Crippen LogP contribution in [0, 0.1) is 0 Å². The van der Waals surface area contributed by atoms with Crippen LogP contribution in [0.25, 0.3) is 0 Å². The Labute approximate surface area is 136 Å². The van der Waals surface area contributed by atoms with Crippen LogP contribution in [0.4, 0.5) is 0 Å². The van der Waals surface area contributed by atoms with E-state index in [0.29, 0.717) is 13.0 Å². The van der Waals surface area contributed by atoms with Gasteiger partial charge in [-0.25, -0.2) is 0 Å². The van der Waals surface area contributed by atoms with E-state index >= 15 is 0 Å². The van der Waals surface area contributed by atoms with E-state index in [9.17, 15) is 14.7 Å². The fourth-order valence-electron chi connectivity index (χ4n) is 1.82. The number of aliphatic hydroxyl groups excluding tert-OH is 1. The molecule has 0 aliphatic carbocycles. The predicted octanol–water partition coefficient (Wildman–Crippen LogP) is 0.409. The summed E-state index contributed by atoms with van der Waals surface area (Å²) in [6, 6.07) is 8.68. The number of nitrogens with one attached hydrogen (secondary N) is 1. The molecule has 124 valence electrons.